The number of furan rings is 1. The second-order valence-corrected chi connectivity index (χ2v) is 6.12. The zero-order valence-electron chi connectivity index (χ0n) is 14.1. The Labute approximate surface area is 149 Å². The molecule has 0 saturated heterocycles. The molecule has 2 heterocycles. The number of fused-ring (bicyclic) bond motifs is 2. The number of carbonyl (C=O) groups excluding carboxylic acids is 3. The minimum Gasteiger partial charge on any atom is -0.456 e. The molecule has 0 saturated carbocycles. The molecular weight excluding hydrogens is 332 g/mol. The molecule has 0 bridgehead atoms. The van der Waals surface area contributed by atoms with Gasteiger partial charge in [0.1, 0.15) is 5.76 Å². The molecule has 1 aliphatic rings. The van der Waals surface area contributed by atoms with Gasteiger partial charge in [0, 0.05) is 36.6 Å². The van der Waals surface area contributed by atoms with Crippen molar-refractivity contribution in [1.29, 1.82) is 0 Å². The molecule has 6 nitrogen and oxygen atoms in total. The van der Waals surface area contributed by atoms with E-state index in [4.69, 9.17) is 4.42 Å². The highest BCUT2D eigenvalue weighted by Gasteiger charge is 2.38. The summed E-state index contributed by atoms with van der Waals surface area (Å²) in [5.74, 6) is -0.933. The summed E-state index contributed by atoms with van der Waals surface area (Å²) in [7, 11) is 0. The van der Waals surface area contributed by atoms with Gasteiger partial charge in [0.2, 0.25) is 5.78 Å². The number of amides is 1. The maximum absolute atomic E-state index is 12.9. The van der Waals surface area contributed by atoms with Crippen molar-refractivity contribution in [3.05, 3.63) is 82.6 Å². The molecule has 1 aliphatic carbocycles. The summed E-state index contributed by atoms with van der Waals surface area (Å²) in [5.41, 5.74) is 0.801. The highest BCUT2D eigenvalue weighted by atomic mass is 16.4. The third kappa shape index (κ3) is 2.47. The summed E-state index contributed by atoms with van der Waals surface area (Å²) in [6.07, 6.45) is 3.80. The first kappa shape index (κ1) is 16.1. The molecule has 26 heavy (non-hydrogen) atoms. The van der Waals surface area contributed by atoms with E-state index in [1.807, 2.05) is 29.1 Å². The van der Waals surface area contributed by atoms with E-state index in [0.29, 0.717) is 24.2 Å². The summed E-state index contributed by atoms with van der Waals surface area (Å²) in [6, 6.07) is 10.4. The topological polar surface area (TPSA) is 81.3 Å². The SMILES string of the molecule is Cc1oc2c(c1C(=O)NCCn1cccc1)C(=O)c1ccccc1C2=O. The van der Waals surface area contributed by atoms with E-state index in [1.54, 1.807) is 31.2 Å². The molecule has 1 aromatic carbocycles. The molecule has 0 radical (unpaired) electrons. The van der Waals surface area contributed by atoms with Crippen LogP contribution >= 0.6 is 0 Å². The maximum Gasteiger partial charge on any atom is 0.255 e. The van der Waals surface area contributed by atoms with E-state index in [9.17, 15) is 14.4 Å². The smallest absolute Gasteiger partial charge is 0.255 e. The van der Waals surface area contributed by atoms with E-state index in [1.165, 1.54) is 0 Å². The van der Waals surface area contributed by atoms with Crippen molar-refractivity contribution in [1.82, 2.24) is 9.88 Å². The van der Waals surface area contributed by atoms with Gasteiger partial charge < -0.3 is 14.3 Å². The van der Waals surface area contributed by atoms with Crippen LogP contribution in [0.4, 0.5) is 0 Å². The number of aryl methyl sites for hydroxylation is 1. The minimum atomic E-state index is -0.416. The number of hydrogen-bond acceptors (Lipinski definition) is 4. The molecule has 0 spiro atoms. The third-order valence-electron chi connectivity index (χ3n) is 4.48. The average Bonchev–Trinajstić information content (AvgIpc) is 3.27. The molecule has 0 atom stereocenters. The van der Waals surface area contributed by atoms with Crippen LogP contribution in [0.15, 0.2) is 53.2 Å². The molecule has 0 unspecified atom stereocenters. The van der Waals surface area contributed by atoms with Crippen molar-refractivity contribution in [2.24, 2.45) is 0 Å². The van der Waals surface area contributed by atoms with Crippen molar-refractivity contribution < 1.29 is 18.8 Å². The van der Waals surface area contributed by atoms with Gasteiger partial charge in [0.15, 0.2) is 11.5 Å². The molecule has 2 aromatic heterocycles. The van der Waals surface area contributed by atoms with Crippen LogP contribution in [0, 0.1) is 6.92 Å². The fourth-order valence-electron chi connectivity index (χ4n) is 3.24. The molecule has 130 valence electrons. The van der Waals surface area contributed by atoms with Gasteiger partial charge in [-0.3, -0.25) is 14.4 Å². The normalized spacial score (nSPS) is 12.7. The van der Waals surface area contributed by atoms with E-state index in [0.717, 1.165) is 0 Å². The van der Waals surface area contributed by atoms with Gasteiger partial charge in [-0.15, -0.1) is 0 Å². The highest BCUT2D eigenvalue weighted by molar-refractivity contribution is 6.30. The Kier molecular flexibility index (Phi) is 3.80. The lowest BCUT2D eigenvalue weighted by Crippen LogP contribution is -2.30. The molecule has 3 aromatic rings. The van der Waals surface area contributed by atoms with Crippen LogP contribution < -0.4 is 5.32 Å². The largest absolute Gasteiger partial charge is 0.456 e. The predicted molar refractivity (Wildman–Crippen MR) is 93.5 cm³/mol. The van der Waals surface area contributed by atoms with E-state index in [-0.39, 0.29) is 34.2 Å². The van der Waals surface area contributed by atoms with Gasteiger partial charge >= 0.3 is 0 Å². The molecule has 0 fully saturated rings. The van der Waals surface area contributed by atoms with E-state index < -0.39 is 5.91 Å². The van der Waals surface area contributed by atoms with E-state index in [2.05, 4.69) is 5.32 Å². The summed E-state index contributed by atoms with van der Waals surface area (Å²) in [4.78, 5) is 38.1. The van der Waals surface area contributed by atoms with Crippen LogP contribution in [0.3, 0.4) is 0 Å². The summed E-state index contributed by atoms with van der Waals surface area (Å²) >= 11 is 0. The van der Waals surface area contributed by atoms with Crippen LogP contribution in [0.25, 0.3) is 0 Å². The first-order valence-corrected chi connectivity index (χ1v) is 8.28. The Morgan fingerprint density at radius 3 is 2.38 bits per heavy atom. The van der Waals surface area contributed by atoms with Crippen LogP contribution in [0.5, 0.6) is 0 Å². The first-order valence-electron chi connectivity index (χ1n) is 8.28. The second kappa shape index (κ2) is 6.15. The second-order valence-electron chi connectivity index (χ2n) is 6.12. The van der Waals surface area contributed by atoms with Crippen LogP contribution in [0.2, 0.25) is 0 Å². The summed E-state index contributed by atoms with van der Waals surface area (Å²) < 4.78 is 7.45. The van der Waals surface area contributed by atoms with Crippen LogP contribution in [-0.2, 0) is 6.54 Å². The fraction of sp³-hybridized carbons (Fsp3) is 0.150. The summed E-state index contributed by atoms with van der Waals surface area (Å²) in [6.45, 7) is 2.59. The van der Waals surface area contributed by atoms with Crippen molar-refractivity contribution in [3.8, 4) is 0 Å². The molecule has 1 N–H and O–H groups in total. The monoisotopic (exact) mass is 348 g/mol. The maximum atomic E-state index is 12.9. The lowest BCUT2D eigenvalue weighted by atomic mass is 9.86. The minimum absolute atomic E-state index is 0.0539. The molecule has 1 amide bonds. The summed E-state index contributed by atoms with van der Waals surface area (Å²) in [5, 5.41) is 2.79. The van der Waals surface area contributed by atoms with Crippen molar-refractivity contribution in [2.45, 2.75) is 13.5 Å². The van der Waals surface area contributed by atoms with Gasteiger partial charge in [-0.25, -0.2) is 0 Å². The molecule has 0 aliphatic heterocycles. The van der Waals surface area contributed by atoms with Gasteiger partial charge in [-0.2, -0.15) is 0 Å². The number of carbonyl (C=O) groups is 3. The number of rotatable bonds is 4. The first-order chi connectivity index (χ1) is 12.6. The Hall–Kier alpha value is -3.41. The Morgan fingerprint density at radius 1 is 1.04 bits per heavy atom. The van der Waals surface area contributed by atoms with Gasteiger partial charge in [-0.05, 0) is 19.1 Å². The van der Waals surface area contributed by atoms with E-state index >= 15 is 0 Å². The Bertz CT molecular complexity index is 1030. The van der Waals surface area contributed by atoms with Crippen molar-refractivity contribution >= 4 is 17.5 Å². The predicted octanol–water partition coefficient (Wildman–Crippen LogP) is 2.59. The molecule has 6 heteroatoms. The fourth-order valence-corrected chi connectivity index (χ4v) is 3.24. The Balaban J connectivity index is 1.64. The lowest BCUT2D eigenvalue weighted by Gasteiger charge is -2.13. The average molecular weight is 348 g/mol. The Morgan fingerprint density at radius 2 is 1.69 bits per heavy atom. The van der Waals surface area contributed by atoms with Crippen molar-refractivity contribution in [2.75, 3.05) is 6.54 Å². The lowest BCUT2D eigenvalue weighted by molar-refractivity contribution is 0.0937. The molecular formula is C20H16N2O4. The van der Waals surface area contributed by atoms with Gasteiger partial charge in [0.25, 0.3) is 5.91 Å². The number of nitrogens with zero attached hydrogens (tertiary/aromatic N) is 1. The standard InChI is InChI=1S/C20H16N2O4/c1-12-15(20(25)21-8-11-22-9-4-5-10-22)16-17(23)13-6-2-3-7-14(13)18(24)19(16)26-12/h2-7,9-10H,8,11H2,1H3,(H,21,25). The zero-order chi connectivity index (χ0) is 18.3. The quantitative estimate of drug-likeness (QED) is 0.615. The van der Waals surface area contributed by atoms with Crippen molar-refractivity contribution in [3.63, 3.8) is 0 Å². The number of ketones is 2. The third-order valence-corrected chi connectivity index (χ3v) is 4.48. The molecule has 4 rings (SSSR count). The number of benzene rings is 1. The van der Waals surface area contributed by atoms with Crippen LogP contribution in [0.1, 0.15) is 48.2 Å². The van der Waals surface area contributed by atoms with Gasteiger partial charge in [-0.1, -0.05) is 24.3 Å². The number of nitrogens with one attached hydrogen (secondary N) is 1. The highest BCUT2D eigenvalue weighted by Crippen LogP contribution is 2.33. The van der Waals surface area contributed by atoms with Crippen LogP contribution in [-0.4, -0.2) is 28.6 Å². The van der Waals surface area contributed by atoms with Gasteiger partial charge in [0.05, 0.1) is 11.1 Å². The number of aromatic nitrogens is 1. The number of hydrogen-bond donors (Lipinski definition) is 1. The zero-order valence-corrected chi connectivity index (χ0v) is 14.1.